The molecule has 0 bridgehead atoms. The Morgan fingerprint density at radius 1 is 1.08 bits per heavy atom. The quantitative estimate of drug-likeness (QED) is 0.752. The Morgan fingerprint density at radius 2 is 1.73 bits per heavy atom. The number of aryl methyl sites for hydroxylation is 1. The molecule has 0 unspecified atom stereocenters. The van der Waals surface area contributed by atoms with E-state index in [1.807, 2.05) is 30.3 Å². The molecule has 5 nitrogen and oxygen atoms in total. The number of nitrogens with one attached hydrogen (secondary N) is 1. The number of hydrogen-bond donors (Lipinski definition) is 1. The molecule has 0 aliphatic rings. The van der Waals surface area contributed by atoms with E-state index in [9.17, 15) is 18.0 Å². The molecule has 3 aromatic rings. The molecule has 134 valence electrons. The average molecular weight is 361 g/mol. The summed E-state index contributed by atoms with van der Waals surface area (Å²) in [5.74, 6) is -1.07. The van der Waals surface area contributed by atoms with E-state index in [0.29, 0.717) is 5.56 Å². The van der Waals surface area contributed by atoms with Crippen molar-refractivity contribution in [2.24, 2.45) is 0 Å². The standard InChI is InChI=1S/C18H14F3N3O2/c1-12-11-24(13-7-3-2-4-8-13)23-16(12)22-17(25)14-9-5-6-10-15(14)26-18(19,20)21/h2-11H,1H3,(H,22,23,25). The lowest BCUT2D eigenvalue weighted by atomic mass is 10.2. The highest BCUT2D eigenvalue weighted by Gasteiger charge is 2.33. The van der Waals surface area contributed by atoms with Crippen LogP contribution < -0.4 is 10.1 Å². The molecule has 0 aliphatic carbocycles. The molecule has 0 saturated carbocycles. The number of hydrogen-bond acceptors (Lipinski definition) is 3. The van der Waals surface area contributed by atoms with Gasteiger partial charge in [0.15, 0.2) is 5.82 Å². The van der Waals surface area contributed by atoms with Gasteiger partial charge in [0.1, 0.15) is 5.75 Å². The zero-order valence-electron chi connectivity index (χ0n) is 13.6. The second-order valence-corrected chi connectivity index (χ2v) is 5.44. The highest BCUT2D eigenvalue weighted by molar-refractivity contribution is 6.06. The van der Waals surface area contributed by atoms with Gasteiger partial charge in [0.05, 0.1) is 11.3 Å². The molecule has 0 atom stereocenters. The van der Waals surface area contributed by atoms with Crippen LogP contribution in [0.1, 0.15) is 15.9 Å². The largest absolute Gasteiger partial charge is 0.573 e. The zero-order chi connectivity index (χ0) is 18.7. The third-order valence-electron chi connectivity index (χ3n) is 3.51. The van der Waals surface area contributed by atoms with Crippen LogP contribution in [0, 0.1) is 6.92 Å². The Balaban J connectivity index is 1.84. The SMILES string of the molecule is Cc1cn(-c2ccccc2)nc1NC(=O)c1ccccc1OC(F)(F)F. The van der Waals surface area contributed by atoms with Crippen molar-refractivity contribution in [2.45, 2.75) is 13.3 Å². The van der Waals surface area contributed by atoms with E-state index in [0.717, 1.165) is 11.8 Å². The van der Waals surface area contributed by atoms with Gasteiger partial charge in [0.25, 0.3) is 5.91 Å². The highest BCUT2D eigenvalue weighted by Crippen LogP contribution is 2.27. The summed E-state index contributed by atoms with van der Waals surface area (Å²) >= 11 is 0. The number of ether oxygens (including phenoxy) is 1. The predicted octanol–water partition coefficient (Wildman–Crippen LogP) is 4.33. The molecule has 1 amide bonds. The molecule has 2 aromatic carbocycles. The van der Waals surface area contributed by atoms with Crippen molar-refractivity contribution < 1.29 is 22.7 Å². The van der Waals surface area contributed by atoms with E-state index in [1.165, 1.54) is 18.2 Å². The van der Waals surface area contributed by atoms with E-state index in [2.05, 4.69) is 15.2 Å². The summed E-state index contributed by atoms with van der Waals surface area (Å²) in [5, 5.41) is 6.80. The molecule has 8 heteroatoms. The van der Waals surface area contributed by atoms with Crippen LogP contribution in [0.15, 0.2) is 60.8 Å². The number of para-hydroxylation sites is 2. The minimum Gasteiger partial charge on any atom is -0.405 e. The number of carbonyl (C=O) groups is 1. The number of benzene rings is 2. The molecule has 1 aromatic heterocycles. The zero-order valence-corrected chi connectivity index (χ0v) is 13.6. The average Bonchev–Trinajstić information content (AvgIpc) is 2.95. The van der Waals surface area contributed by atoms with Crippen molar-refractivity contribution in [1.82, 2.24) is 9.78 Å². The summed E-state index contributed by atoms with van der Waals surface area (Å²) in [6.07, 6.45) is -3.18. The summed E-state index contributed by atoms with van der Waals surface area (Å²) in [5.41, 5.74) is 1.21. The highest BCUT2D eigenvalue weighted by atomic mass is 19.4. The molecule has 3 rings (SSSR count). The van der Waals surface area contributed by atoms with Crippen LogP contribution in [0.2, 0.25) is 0 Å². The van der Waals surface area contributed by atoms with Gasteiger partial charge in [-0.2, -0.15) is 0 Å². The third-order valence-corrected chi connectivity index (χ3v) is 3.51. The van der Waals surface area contributed by atoms with Gasteiger partial charge >= 0.3 is 6.36 Å². The molecule has 1 N–H and O–H groups in total. The first-order valence-electron chi connectivity index (χ1n) is 7.61. The number of anilines is 1. The van der Waals surface area contributed by atoms with E-state index < -0.39 is 18.0 Å². The van der Waals surface area contributed by atoms with Gasteiger partial charge in [-0.1, -0.05) is 30.3 Å². The fourth-order valence-electron chi connectivity index (χ4n) is 2.34. The van der Waals surface area contributed by atoms with Crippen molar-refractivity contribution in [3.05, 3.63) is 71.9 Å². The summed E-state index contributed by atoms with van der Waals surface area (Å²) in [6.45, 7) is 1.74. The van der Waals surface area contributed by atoms with Crippen LogP contribution in [0.25, 0.3) is 5.69 Å². The first-order chi connectivity index (χ1) is 12.3. The van der Waals surface area contributed by atoms with Crippen molar-refractivity contribution in [1.29, 1.82) is 0 Å². The minimum atomic E-state index is -4.89. The first-order valence-corrected chi connectivity index (χ1v) is 7.61. The molecule has 0 aliphatic heterocycles. The molecule has 26 heavy (non-hydrogen) atoms. The minimum absolute atomic E-state index is 0.238. The number of nitrogens with zero attached hydrogens (tertiary/aromatic N) is 2. The number of amides is 1. The van der Waals surface area contributed by atoms with E-state index >= 15 is 0 Å². The Bertz CT molecular complexity index is 921. The second-order valence-electron chi connectivity index (χ2n) is 5.44. The monoisotopic (exact) mass is 361 g/mol. The Labute approximate surface area is 147 Å². The fraction of sp³-hybridized carbons (Fsp3) is 0.111. The second kappa shape index (κ2) is 6.91. The summed E-state index contributed by atoms with van der Waals surface area (Å²) < 4.78 is 43.0. The van der Waals surface area contributed by atoms with Crippen LogP contribution >= 0.6 is 0 Å². The maximum atomic E-state index is 12.5. The van der Waals surface area contributed by atoms with Crippen LogP contribution in [-0.2, 0) is 0 Å². The van der Waals surface area contributed by atoms with Gasteiger partial charge in [-0.15, -0.1) is 18.3 Å². The molecular weight excluding hydrogens is 347 g/mol. The van der Waals surface area contributed by atoms with Crippen molar-refractivity contribution >= 4 is 11.7 Å². The van der Waals surface area contributed by atoms with Crippen LogP contribution in [0.3, 0.4) is 0 Å². The summed E-state index contributed by atoms with van der Waals surface area (Å²) in [4.78, 5) is 12.4. The van der Waals surface area contributed by atoms with Gasteiger partial charge in [-0.25, -0.2) is 4.68 Å². The Kier molecular flexibility index (Phi) is 4.66. The van der Waals surface area contributed by atoms with Crippen molar-refractivity contribution in [3.8, 4) is 11.4 Å². The lowest BCUT2D eigenvalue weighted by Crippen LogP contribution is -2.21. The predicted molar refractivity (Wildman–Crippen MR) is 89.4 cm³/mol. The van der Waals surface area contributed by atoms with E-state index in [1.54, 1.807) is 17.8 Å². The normalized spacial score (nSPS) is 11.2. The van der Waals surface area contributed by atoms with E-state index in [-0.39, 0.29) is 11.4 Å². The Hall–Kier alpha value is -3.29. The molecule has 0 radical (unpaired) electrons. The molecule has 0 spiro atoms. The van der Waals surface area contributed by atoms with Gasteiger partial charge in [0.2, 0.25) is 0 Å². The summed E-state index contributed by atoms with van der Waals surface area (Å²) in [6, 6.07) is 14.4. The number of aromatic nitrogens is 2. The molecule has 0 fully saturated rings. The Morgan fingerprint density at radius 3 is 2.42 bits per heavy atom. The fourth-order valence-corrected chi connectivity index (χ4v) is 2.34. The maximum absolute atomic E-state index is 12.5. The van der Waals surface area contributed by atoms with Crippen molar-refractivity contribution in [2.75, 3.05) is 5.32 Å². The number of alkyl halides is 3. The van der Waals surface area contributed by atoms with Gasteiger partial charge in [0, 0.05) is 11.8 Å². The number of carbonyl (C=O) groups excluding carboxylic acids is 1. The van der Waals surface area contributed by atoms with Crippen LogP contribution in [-0.4, -0.2) is 22.1 Å². The number of halogens is 3. The van der Waals surface area contributed by atoms with Crippen molar-refractivity contribution in [3.63, 3.8) is 0 Å². The van der Waals surface area contributed by atoms with Crippen LogP contribution in [0.4, 0.5) is 19.0 Å². The smallest absolute Gasteiger partial charge is 0.405 e. The summed E-state index contributed by atoms with van der Waals surface area (Å²) in [7, 11) is 0. The van der Waals surface area contributed by atoms with Crippen LogP contribution in [0.5, 0.6) is 5.75 Å². The lowest BCUT2D eigenvalue weighted by molar-refractivity contribution is -0.274. The lowest BCUT2D eigenvalue weighted by Gasteiger charge is -2.12. The first kappa shape index (κ1) is 17.5. The molecule has 1 heterocycles. The number of rotatable bonds is 4. The third kappa shape index (κ3) is 4.02. The molecular formula is C18H14F3N3O2. The van der Waals surface area contributed by atoms with Gasteiger partial charge in [-0.05, 0) is 31.2 Å². The molecule has 0 saturated heterocycles. The topological polar surface area (TPSA) is 56.2 Å². The van der Waals surface area contributed by atoms with Gasteiger partial charge in [-0.3, -0.25) is 4.79 Å². The maximum Gasteiger partial charge on any atom is 0.573 e. The van der Waals surface area contributed by atoms with Gasteiger partial charge < -0.3 is 10.1 Å². The van der Waals surface area contributed by atoms with E-state index in [4.69, 9.17) is 0 Å².